The SMILES string of the molecule is CC1=C(/C=C/C(C)=C/C=C/C(C)=C/C(=O)Nc2c(F)c(F)cc(F)c2F)C(C)(C)CCC1Cn1ccnc1. The number of hydrogen-bond donors (Lipinski definition) is 1. The van der Waals surface area contributed by atoms with E-state index in [1.54, 1.807) is 25.3 Å². The van der Waals surface area contributed by atoms with Crippen molar-refractivity contribution in [3.63, 3.8) is 0 Å². The molecule has 4 nitrogen and oxygen atoms in total. The van der Waals surface area contributed by atoms with Crippen molar-refractivity contribution < 1.29 is 22.4 Å². The van der Waals surface area contributed by atoms with Crippen molar-refractivity contribution in [3.8, 4) is 0 Å². The van der Waals surface area contributed by atoms with E-state index in [4.69, 9.17) is 0 Å². The number of benzene rings is 1. The summed E-state index contributed by atoms with van der Waals surface area (Å²) in [4.78, 5) is 16.3. The van der Waals surface area contributed by atoms with E-state index in [0.29, 0.717) is 11.5 Å². The maximum atomic E-state index is 13.8. The molecule has 3 rings (SSSR count). The summed E-state index contributed by atoms with van der Waals surface area (Å²) in [5.41, 5.74) is 3.08. The fourth-order valence-electron chi connectivity index (χ4n) is 4.59. The number of amides is 1. The molecule has 0 bridgehead atoms. The standard InChI is InChI=1S/C30H33F4N3O/c1-19(9-10-23-21(3)22(11-12-30(23,4)5)17-37-14-13-35-18-37)7-6-8-20(2)15-26(38)36-29-27(33)24(31)16-25(32)28(29)34/h6-10,13-16,18,22H,11-12,17H2,1-5H3,(H,36,38)/b8-6+,10-9+,19-7+,20-15+. The van der Waals surface area contributed by atoms with Crippen LogP contribution in [0, 0.1) is 34.6 Å². The fraction of sp³-hybridized carbons (Fsp3) is 0.333. The van der Waals surface area contributed by atoms with Crippen LogP contribution in [0.25, 0.3) is 0 Å². The first kappa shape index (κ1) is 28.9. The van der Waals surface area contributed by atoms with Crippen LogP contribution < -0.4 is 5.32 Å². The second-order valence-corrected chi connectivity index (χ2v) is 10.3. The summed E-state index contributed by atoms with van der Waals surface area (Å²) >= 11 is 0. The van der Waals surface area contributed by atoms with Crippen molar-refractivity contribution in [1.29, 1.82) is 0 Å². The normalized spacial score (nSPS) is 18.6. The van der Waals surface area contributed by atoms with Gasteiger partial charge in [0.1, 0.15) is 5.69 Å². The van der Waals surface area contributed by atoms with E-state index in [-0.39, 0.29) is 11.5 Å². The first-order valence-corrected chi connectivity index (χ1v) is 12.4. The molecular formula is C30H33F4N3O. The lowest BCUT2D eigenvalue weighted by molar-refractivity contribution is -0.112. The molecule has 1 N–H and O–H groups in total. The molecule has 1 atom stereocenters. The number of carbonyl (C=O) groups excluding carboxylic acids is 1. The monoisotopic (exact) mass is 527 g/mol. The van der Waals surface area contributed by atoms with Crippen LogP contribution in [0.1, 0.15) is 47.5 Å². The average molecular weight is 528 g/mol. The molecule has 0 radical (unpaired) electrons. The topological polar surface area (TPSA) is 46.9 Å². The van der Waals surface area contributed by atoms with Gasteiger partial charge in [0.05, 0.1) is 6.33 Å². The summed E-state index contributed by atoms with van der Waals surface area (Å²) in [5.74, 6) is -6.98. The first-order chi connectivity index (χ1) is 17.9. The lowest BCUT2D eigenvalue weighted by Crippen LogP contribution is -2.26. The molecule has 0 spiro atoms. The van der Waals surface area contributed by atoms with Crippen LogP contribution in [0.3, 0.4) is 0 Å². The van der Waals surface area contributed by atoms with Gasteiger partial charge in [0.2, 0.25) is 5.91 Å². The zero-order valence-corrected chi connectivity index (χ0v) is 22.3. The van der Waals surface area contributed by atoms with Gasteiger partial charge < -0.3 is 9.88 Å². The number of halogens is 4. The highest BCUT2D eigenvalue weighted by Gasteiger charge is 2.31. The number of rotatable bonds is 8. The van der Waals surface area contributed by atoms with Crippen molar-refractivity contribution >= 4 is 11.6 Å². The molecule has 202 valence electrons. The van der Waals surface area contributed by atoms with Gasteiger partial charge >= 0.3 is 0 Å². The maximum absolute atomic E-state index is 13.8. The Bertz CT molecular complexity index is 1310. The minimum absolute atomic E-state index is 0.0678. The van der Waals surface area contributed by atoms with Crippen LogP contribution in [-0.2, 0) is 11.3 Å². The third kappa shape index (κ3) is 7.21. The lowest BCUT2D eigenvalue weighted by atomic mass is 9.68. The number of aromatic nitrogens is 2. The molecule has 0 fully saturated rings. The van der Waals surface area contributed by atoms with Crippen LogP contribution in [0.15, 0.2) is 83.5 Å². The Morgan fingerprint density at radius 3 is 2.45 bits per heavy atom. The summed E-state index contributed by atoms with van der Waals surface area (Å²) in [7, 11) is 0. The van der Waals surface area contributed by atoms with E-state index in [1.807, 2.05) is 30.8 Å². The molecule has 38 heavy (non-hydrogen) atoms. The Kier molecular flexibility index (Phi) is 9.31. The second kappa shape index (κ2) is 12.2. The van der Waals surface area contributed by atoms with Crippen LogP contribution in [0.5, 0.6) is 0 Å². The van der Waals surface area contributed by atoms with E-state index in [9.17, 15) is 22.4 Å². The molecule has 1 aliphatic rings. The van der Waals surface area contributed by atoms with Crippen molar-refractivity contribution in [2.24, 2.45) is 11.3 Å². The third-order valence-electron chi connectivity index (χ3n) is 6.82. The summed E-state index contributed by atoms with van der Waals surface area (Å²) in [6.07, 6.45) is 18.4. The smallest absolute Gasteiger partial charge is 0.248 e. The first-order valence-electron chi connectivity index (χ1n) is 12.4. The van der Waals surface area contributed by atoms with Gasteiger partial charge in [-0.2, -0.15) is 0 Å². The molecule has 1 unspecified atom stereocenters. The van der Waals surface area contributed by atoms with Gasteiger partial charge in [0.25, 0.3) is 0 Å². The number of anilines is 1. The third-order valence-corrected chi connectivity index (χ3v) is 6.82. The average Bonchev–Trinajstić information content (AvgIpc) is 3.35. The Morgan fingerprint density at radius 2 is 1.82 bits per heavy atom. The zero-order chi connectivity index (χ0) is 28.0. The molecule has 1 amide bonds. The highest BCUT2D eigenvalue weighted by molar-refractivity contribution is 6.00. The summed E-state index contributed by atoms with van der Waals surface area (Å²) in [6, 6.07) is 0.0836. The quantitative estimate of drug-likeness (QED) is 0.165. The minimum Gasteiger partial charge on any atom is -0.337 e. The molecule has 0 saturated carbocycles. The Balaban J connectivity index is 1.67. The summed E-state index contributed by atoms with van der Waals surface area (Å²) < 4.78 is 56.3. The molecule has 1 aromatic carbocycles. The lowest BCUT2D eigenvalue weighted by Gasteiger charge is -2.37. The molecule has 1 heterocycles. The Morgan fingerprint density at radius 1 is 1.13 bits per heavy atom. The number of carbonyl (C=O) groups is 1. The van der Waals surface area contributed by atoms with E-state index in [2.05, 4.69) is 42.5 Å². The summed E-state index contributed by atoms with van der Waals surface area (Å²) in [6.45, 7) is 11.2. The molecule has 2 aromatic rings. The predicted molar refractivity (Wildman–Crippen MR) is 142 cm³/mol. The van der Waals surface area contributed by atoms with E-state index >= 15 is 0 Å². The number of nitrogens with one attached hydrogen (secondary N) is 1. The van der Waals surface area contributed by atoms with Gasteiger partial charge in [-0.3, -0.25) is 4.79 Å². The largest absolute Gasteiger partial charge is 0.337 e. The number of nitrogens with zero attached hydrogens (tertiary/aromatic N) is 2. The van der Waals surface area contributed by atoms with Crippen molar-refractivity contribution in [2.45, 2.75) is 54.0 Å². The zero-order valence-electron chi connectivity index (χ0n) is 22.3. The molecule has 0 aliphatic heterocycles. The van der Waals surface area contributed by atoms with E-state index < -0.39 is 34.9 Å². The minimum atomic E-state index is -1.66. The van der Waals surface area contributed by atoms with Gasteiger partial charge in [0.15, 0.2) is 23.3 Å². The predicted octanol–water partition coefficient (Wildman–Crippen LogP) is 7.84. The van der Waals surface area contributed by atoms with Gasteiger partial charge in [-0.15, -0.1) is 0 Å². The molecule has 1 aromatic heterocycles. The van der Waals surface area contributed by atoms with Gasteiger partial charge in [-0.05, 0) is 56.1 Å². The molecule has 1 aliphatic carbocycles. The number of imidazole rings is 1. The number of hydrogen-bond acceptors (Lipinski definition) is 2. The van der Waals surface area contributed by atoms with Crippen molar-refractivity contribution in [2.75, 3.05) is 5.32 Å². The highest BCUT2D eigenvalue weighted by Crippen LogP contribution is 2.44. The van der Waals surface area contributed by atoms with Gasteiger partial charge in [0, 0.05) is 31.1 Å². The molecule has 8 heteroatoms. The van der Waals surface area contributed by atoms with Crippen LogP contribution in [0.4, 0.5) is 23.2 Å². The van der Waals surface area contributed by atoms with Crippen molar-refractivity contribution in [3.05, 3.63) is 107 Å². The van der Waals surface area contributed by atoms with Crippen molar-refractivity contribution in [1.82, 2.24) is 9.55 Å². The van der Waals surface area contributed by atoms with Gasteiger partial charge in [-0.1, -0.05) is 55.4 Å². The number of allylic oxidation sites excluding steroid dienone is 9. The summed E-state index contributed by atoms with van der Waals surface area (Å²) in [5, 5.41) is 1.86. The highest BCUT2D eigenvalue weighted by atomic mass is 19.2. The molecular weight excluding hydrogens is 494 g/mol. The Labute approximate surface area is 221 Å². The van der Waals surface area contributed by atoms with Crippen LogP contribution in [0.2, 0.25) is 0 Å². The molecule has 0 saturated heterocycles. The van der Waals surface area contributed by atoms with E-state index in [1.165, 1.54) is 11.1 Å². The van der Waals surface area contributed by atoms with Crippen LogP contribution in [-0.4, -0.2) is 15.5 Å². The maximum Gasteiger partial charge on any atom is 0.248 e. The fourth-order valence-corrected chi connectivity index (χ4v) is 4.59. The van der Waals surface area contributed by atoms with Gasteiger partial charge in [-0.25, -0.2) is 22.5 Å². The van der Waals surface area contributed by atoms with Crippen LogP contribution >= 0.6 is 0 Å². The Hall–Kier alpha value is -3.68. The van der Waals surface area contributed by atoms with E-state index in [0.717, 1.165) is 31.0 Å². The second-order valence-electron chi connectivity index (χ2n) is 10.3.